The zero-order valence-corrected chi connectivity index (χ0v) is 11.2. The Labute approximate surface area is 119 Å². The molecule has 2 heterocycles. The molecule has 0 amide bonds. The monoisotopic (exact) mass is 287 g/mol. The van der Waals surface area contributed by atoms with Crippen LogP contribution in [0.1, 0.15) is 6.92 Å². The van der Waals surface area contributed by atoms with Crippen molar-refractivity contribution < 1.29 is 14.4 Å². The van der Waals surface area contributed by atoms with E-state index in [1.54, 1.807) is 6.92 Å². The fourth-order valence-electron chi connectivity index (χ4n) is 2.04. The zero-order chi connectivity index (χ0) is 14.8. The van der Waals surface area contributed by atoms with Gasteiger partial charge in [0.15, 0.2) is 11.4 Å². The third-order valence-electron chi connectivity index (χ3n) is 2.90. The van der Waals surface area contributed by atoms with Gasteiger partial charge in [-0.2, -0.15) is 0 Å². The minimum absolute atomic E-state index is 0.192. The molecule has 7 nitrogen and oxygen atoms in total. The van der Waals surface area contributed by atoms with Crippen molar-refractivity contribution >= 4 is 0 Å². The summed E-state index contributed by atoms with van der Waals surface area (Å²) in [6.07, 6.45) is 1.25. The van der Waals surface area contributed by atoms with Crippen LogP contribution >= 0.6 is 0 Å². The molecule has 0 fully saturated rings. The van der Waals surface area contributed by atoms with Gasteiger partial charge in [0.2, 0.25) is 5.88 Å². The quantitative estimate of drug-likeness (QED) is 0.764. The zero-order valence-electron chi connectivity index (χ0n) is 11.2. The van der Waals surface area contributed by atoms with E-state index in [2.05, 4.69) is 10.1 Å². The number of ether oxygens (including phenoxy) is 1. The molecular formula is C14H13N3O4. The molecular weight excluding hydrogens is 274 g/mol. The van der Waals surface area contributed by atoms with Gasteiger partial charge < -0.3 is 14.4 Å². The number of hydrogen-bond donors (Lipinski definition) is 2. The van der Waals surface area contributed by atoms with Crippen LogP contribution in [0.5, 0.6) is 11.8 Å². The highest BCUT2D eigenvalue weighted by atomic mass is 16.5. The van der Waals surface area contributed by atoms with Gasteiger partial charge >= 0.3 is 5.69 Å². The number of nitrogens with one attached hydrogen (secondary N) is 1. The van der Waals surface area contributed by atoms with Crippen LogP contribution in [0.2, 0.25) is 0 Å². The maximum absolute atomic E-state index is 11.9. The van der Waals surface area contributed by atoms with Crippen molar-refractivity contribution in [2.45, 2.75) is 6.92 Å². The summed E-state index contributed by atoms with van der Waals surface area (Å²) in [4.78, 5) is 14.2. The molecule has 0 radical (unpaired) electrons. The van der Waals surface area contributed by atoms with Crippen LogP contribution in [-0.4, -0.2) is 26.4 Å². The van der Waals surface area contributed by atoms with E-state index in [0.717, 1.165) is 5.56 Å². The van der Waals surface area contributed by atoms with Crippen LogP contribution in [0.4, 0.5) is 0 Å². The van der Waals surface area contributed by atoms with Crippen LogP contribution in [0.25, 0.3) is 17.0 Å². The van der Waals surface area contributed by atoms with Crippen LogP contribution in [0.15, 0.2) is 45.8 Å². The van der Waals surface area contributed by atoms with Crippen LogP contribution in [0, 0.1) is 0 Å². The van der Waals surface area contributed by atoms with E-state index < -0.39 is 5.69 Å². The van der Waals surface area contributed by atoms with Crippen molar-refractivity contribution in [2.24, 2.45) is 0 Å². The van der Waals surface area contributed by atoms with Crippen molar-refractivity contribution in [3.05, 3.63) is 47.0 Å². The Bertz CT molecular complexity index is 801. The Balaban J connectivity index is 2.23. The lowest BCUT2D eigenvalue weighted by molar-refractivity contribution is 0.296. The van der Waals surface area contributed by atoms with Crippen LogP contribution in [0.3, 0.4) is 0 Å². The van der Waals surface area contributed by atoms with E-state index in [1.165, 1.54) is 10.8 Å². The number of aromatic nitrogens is 3. The molecule has 3 aromatic rings. The van der Waals surface area contributed by atoms with Gasteiger partial charge in [-0.25, -0.2) is 4.79 Å². The lowest BCUT2D eigenvalue weighted by Gasteiger charge is -2.04. The van der Waals surface area contributed by atoms with Gasteiger partial charge in [0, 0.05) is 5.56 Å². The molecule has 0 aliphatic heterocycles. The van der Waals surface area contributed by atoms with Gasteiger partial charge in [0.1, 0.15) is 0 Å². The molecule has 7 heteroatoms. The average Bonchev–Trinajstić information content (AvgIpc) is 3.03. The molecule has 0 bridgehead atoms. The summed E-state index contributed by atoms with van der Waals surface area (Å²) < 4.78 is 11.9. The molecule has 0 aliphatic carbocycles. The summed E-state index contributed by atoms with van der Waals surface area (Å²) in [6.45, 7) is 2.18. The summed E-state index contributed by atoms with van der Waals surface area (Å²) in [6, 6.07) is 9.23. The molecule has 3 rings (SSSR count). The number of hydrogen-bond acceptors (Lipinski definition) is 5. The molecule has 0 atom stereocenters. The smallest absolute Gasteiger partial charge is 0.333 e. The highest BCUT2D eigenvalue weighted by Gasteiger charge is 2.22. The first-order valence-electron chi connectivity index (χ1n) is 6.39. The third kappa shape index (κ3) is 2.29. The van der Waals surface area contributed by atoms with Crippen LogP contribution < -0.4 is 10.4 Å². The summed E-state index contributed by atoms with van der Waals surface area (Å²) in [7, 11) is 0. The SMILES string of the molecule is CCOc1noc(-c2ccccc2)c1-n1cc(O)[nH]c1=O. The summed E-state index contributed by atoms with van der Waals surface area (Å²) in [5.74, 6) is 0.334. The van der Waals surface area contributed by atoms with E-state index in [9.17, 15) is 9.90 Å². The summed E-state index contributed by atoms with van der Waals surface area (Å²) in [5, 5.41) is 13.3. The standard InChI is InChI=1S/C14H13N3O4/c1-2-20-13-11(17-8-10(18)15-14(17)19)12(21-16-13)9-6-4-3-5-7-9/h3-8,18H,2H2,1H3,(H,15,19). The minimum Gasteiger partial charge on any atom is -0.493 e. The number of H-pyrrole nitrogens is 1. The maximum atomic E-state index is 11.9. The number of aromatic amines is 1. The molecule has 21 heavy (non-hydrogen) atoms. The molecule has 2 aromatic heterocycles. The normalized spacial score (nSPS) is 10.7. The van der Waals surface area contributed by atoms with Gasteiger partial charge in [-0.05, 0) is 12.1 Å². The van der Waals surface area contributed by atoms with E-state index in [0.29, 0.717) is 18.1 Å². The van der Waals surface area contributed by atoms with Gasteiger partial charge in [-0.3, -0.25) is 9.55 Å². The number of nitrogens with zero attached hydrogens (tertiary/aromatic N) is 2. The first-order valence-corrected chi connectivity index (χ1v) is 6.39. The van der Waals surface area contributed by atoms with E-state index >= 15 is 0 Å². The highest BCUT2D eigenvalue weighted by Crippen LogP contribution is 2.33. The number of rotatable bonds is 4. The largest absolute Gasteiger partial charge is 0.493 e. The molecule has 0 saturated heterocycles. The fourth-order valence-corrected chi connectivity index (χ4v) is 2.04. The van der Waals surface area contributed by atoms with Gasteiger partial charge in [0.05, 0.1) is 12.8 Å². The lowest BCUT2D eigenvalue weighted by atomic mass is 10.1. The molecule has 0 unspecified atom stereocenters. The molecule has 1 aromatic carbocycles. The highest BCUT2D eigenvalue weighted by molar-refractivity contribution is 5.70. The van der Waals surface area contributed by atoms with Crippen molar-refractivity contribution in [1.82, 2.24) is 14.7 Å². The van der Waals surface area contributed by atoms with Crippen LogP contribution in [-0.2, 0) is 0 Å². The Hall–Kier alpha value is -2.96. The predicted octanol–water partition coefficient (Wildman–Crippen LogP) is 1.92. The first-order chi connectivity index (χ1) is 10.2. The molecule has 0 spiro atoms. The second-order valence-corrected chi connectivity index (χ2v) is 4.28. The molecule has 0 aliphatic rings. The maximum Gasteiger partial charge on any atom is 0.333 e. The fraction of sp³-hybridized carbons (Fsp3) is 0.143. The van der Waals surface area contributed by atoms with E-state index in [-0.39, 0.29) is 11.8 Å². The van der Waals surface area contributed by atoms with Crippen molar-refractivity contribution in [1.29, 1.82) is 0 Å². The Morgan fingerprint density at radius 3 is 2.76 bits per heavy atom. The number of imidazole rings is 1. The van der Waals surface area contributed by atoms with Gasteiger partial charge in [0.25, 0.3) is 5.88 Å². The van der Waals surface area contributed by atoms with Crippen molar-refractivity contribution in [3.8, 4) is 28.8 Å². The topological polar surface area (TPSA) is 93.3 Å². The Morgan fingerprint density at radius 2 is 2.14 bits per heavy atom. The predicted molar refractivity (Wildman–Crippen MR) is 74.7 cm³/mol. The average molecular weight is 287 g/mol. The van der Waals surface area contributed by atoms with Gasteiger partial charge in [-0.1, -0.05) is 30.3 Å². The number of benzene rings is 1. The summed E-state index contributed by atoms with van der Waals surface area (Å²) >= 11 is 0. The lowest BCUT2D eigenvalue weighted by Crippen LogP contribution is -2.15. The molecule has 2 N–H and O–H groups in total. The second-order valence-electron chi connectivity index (χ2n) is 4.28. The molecule has 0 saturated carbocycles. The molecule has 108 valence electrons. The van der Waals surface area contributed by atoms with Crippen molar-refractivity contribution in [2.75, 3.05) is 6.61 Å². The second kappa shape index (κ2) is 5.20. The third-order valence-corrected chi connectivity index (χ3v) is 2.90. The number of aromatic hydroxyl groups is 1. The minimum atomic E-state index is -0.506. The van der Waals surface area contributed by atoms with Crippen molar-refractivity contribution in [3.63, 3.8) is 0 Å². The first kappa shape index (κ1) is 13.0. The van der Waals surface area contributed by atoms with E-state index in [1.807, 2.05) is 30.3 Å². The van der Waals surface area contributed by atoms with E-state index in [4.69, 9.17) is 9.26 Å². The van der Waals surface area contributed by atoms with Gasteiger partial charge in [-0.15, -0.1) is 0 Å². The summed E-state index contributed by atoms with van der Waals surface area (Å²) in [5.41, 5.74) is 0.594. The Morgan fingerprint density at radius 1 is 1.38 bits per heavy atom. The Kier molecular flexibility index (Phi) is 3.23.